The van der Waals surface area contributed by atoms with Crippen LogP contribution in [0.15, 0.2) is 83.7 Å². The fourth-order valence-electron chi connectivity index (χ4n) is 4.26. The van der Waals surface area contributed by atoms with Crippen LogP contribution in [0, 0.1) is 13.8 Å². The third kappa shape index (κ3) is 5.85. The highest BCUT2D eigenvalue weighted by Crippen LogP contribution is 2.36. The number of ether oxygens (including phenoxy) is 3. The molecule has 3 aromatic rings. The lowest BCUT2D eigenvalue weighted by Crippen LogP contribution is -2.20. The third-order valence-electron chi connectivity index (χ3n) is 6.47. The number of esters is 1. The Balaban J connectivity index is 1.53. The average Bonchev–Trinajstić information content (AvgIpc) is 3.18. The van der Waals surface area contributed by atoms with Gasteiger partial charge in [0.25, 0.3) is 5.91 Å². The number of ketones is 1. The lowest BCUT2D eigenvalue weighted by molar-refractivity contribution is -0.137. The maximum absolute atomic E-state index is 13.3. The predicted octanol–water partition coefficient (Wildman–Crippen LogP) is 5.21. The quantitative estimate of drug-likeness (QED) is 0.245. The van der Waals surface area contributed by atoms with Crippen LogP contribution >= 0.6 is 0 Å². The number of allylic oxidation sites excluding steroid dienone is 2. The number of nitrogens with one attached hydrogen (secondary N) is 1. The highest BCUT2D eigenvalue weighted by Gasteiger charge is 2.38. The molecule has 39 heavy (non-hydrogen) atoms. The van der Waals surface area contributed by atoms with Gasteiger partial charge in [-0.25, -0.2) is 4.79 Å². The van der Waals surface area contributed by atoms with Crippen LogP contribution in [-0.4, -0.2) is 38.5 Å². The van der Waals surface area contributed by atoms with Gasteiger partial charge in [0.15, 0.2) is 6.61 Å². The summed E-state index contributed by atoms with van der Waals surface area (Å²) in [6.07, 6.45) is 1.72. The van der Waals surface area contributed by atoms with Crippen molar-refractivity contribution >= 4 is 35.1 Å². The lowest BCUT2D eigenvalue weighted by atomic mass is 10.1. The van der Waals surface area contributed by atoms with Crippen molar-refractivity contribution in [1.82, 2.24) is 0 Å². The molecule has 4 rings (SSSR count). The van der Waals surface area contributed by atoms with E-state index in [1.54, 1.807) is 60.4 Å². The number of aryl methyl sites for hydroxylation is 2. The lowest BCUT2D eigenvalue weighted by Gasteiger charge is -2.22. The Bertz CT molecular complexity index is 1490. The molecule has 0 atom stereocenters. The number of carbonyl (C=O) groups is 3. The second kappa shape index (κ2) is 11.7. The number of Topliss-reactive ketones (excluding diaryl/α,β-unsaturated/α-hetero) is 1. The molecule has 0 saturated heterocycles. The molecular weight excluding hydrogens is 496 g/mol. The van der Waals surface area contributed by atoms with E-state index in [0.717, 1.165) is 22.4 Å². The Morgan fingerprint density at radius 2 is 1.64 bits per heavy atom. The Hall–Kier alpha value is -4.85. The second-order valence-electron chi connectivity index (χ2n) is 9.02. The van der Waals surface area contributed by atoms with Gasteiger partial charge >= 0.3 is 5.97 Å². The summed E-state index contributed by atoms with van der Waals surface area (Å²) in [5.74, 6) is -0.376. The van der Waals surface area contributed by atoms with Gasteiger partial charge in [0.2, 0.25) is 5.78 Å². The van der Waals surface area contributed by atoms with Gasteiger partial charge in [-0.3, -0.25) is 9.59 Å². The number of carbonyl (C=O) groups excluding carboxylic acids is 3. The van der Waals surface area contributed by atoms with Gasteiger partial charge in [0.05, 0.1) is 25.6 Å². The van der Waals surface area contributed by atoms with Crippen molar-refractivity contribution in [2.45, 2.75) is 20.8 Å². The van der Waals surface area contributed by atoms with Crippen LogP contribution in [0.1, 0.15) is 23.6 Å². The molecule has 1 N–H and O–H groups in total. The molecule has 8 nitrogen and oxygen atoms in total. The van der Waals surface area contributed by atoms with Crippen LogP contribution in [0.2, 0.25) is 0 Å². The summed E-state index contributed by atoms with van der Waals surface area (Å²) in [5, 5.41) is 2.76. The zero-order valence-electron chi connectivity index (χ0n) is 22.5. The largest absolute Gasteiger partial charge is 0.495 e. The Labute approximate surface area is 227 Å². The summed E-state index contributed by atoms with van der Waals surface area (Å²) in [4.78, 5) is 39.9. The molecule has 0 saturated carbocycles. The van der Waals surface area contributed by atoms with E-state index in [1.165, 1.54) is 14.2 Å². The first-order valence-corrected chi connectivity index (χ1v) is 12.3. The number of para-hydroxylation sites is 2. The number of nitrogens with zero attached hydrogens (tertiary/aromatic N) is 1. The summed E-state index contributed by atoms with van der Waals surface area (Å²) in [6, 6.07) is 20.0. The summed E-state index contributed by atoms with van der Waals surface area (Å²) in [7, 11) is 2.79. The highest BCUT2D eigenvalue weighted by molar-refractivity contribution is 6.30. The van der Waals surface area contributed by atoms with Gasteiger partial charge in [0.1, 0.15) is 17.1 Å². The summed E-state index contributed by atoms with van der Waals surface area (Å²) in [6.45, 7) is 5.55. The van der Waals surface area contributed by atoms with Gasteiger partial charge in [0, 0.05) is 11.4 Å². The molecule has 1 aliphatic heterocycles. The van der Waals surface area contributed by atoms with Crippen molar-refractivity contribution in [3.8, 4) is 11.5 Å². The first-order chi connectivity index (χ1) is 18.7. The topological polar surface area (TPSA) is 94.2 Å². The van der Waals surface area contributed by atoms with Gasteiger partial charge in [-0.05, 0) is 79.9 Å². The van der Waals surface area contributed by atoms with Crippen molar-refractivity contribution in [3.63, 3.8) is 0 Å². The maximum Gasteiger partial charge on any atom is 0.343 e. The summed E-state index contributed by atoms with van der Waals surface area (Å²) in [5.41, 5.74) is 5.07. The highest BCUT2D eigenvalue weighted by atomic mass is 16.5. The minimum atomic E-state index is -0.676. The van der Waals surface area contributed by atoms with Crippen LogP contribution < -0.4 is 19.7 Å². The summed E-state index contributed by atoms with van der Waals surface area (Å²) >= 11 is 0. The molecule has 0 radical (unpaired) electrons. The average molecular weight is 527 g/mol. The normalized spacial score (nSPS) is 14.0. The monoisotopic (exact) mass is 526 g/mol. The van der Waals surface area contributed by atoms with E-state index < -0.39 is 11.8 Å². The molecule has 0 spiro atoms. The Morgan fingerprint density at radius 3 is 2.31 bits per heavy atom. The van der Waals surface area contributed by atoms with E-state index in [0.29, 0.717) is 28.6 Å². The van der Waals surface area contributed by atoms with Gasteiger partial charge in [-0.2, -0.15) is 0 Å². The Kier molecular flexibility index (Phi) is 8.15. The fraction of sp³-hybridized carbons (Fsp3) is 0.194. The van der Waals surface area contributed by atoms with Crippen molar-refractivity contribution in [3.05, 3.63) is 100 Å². The molecule has 3 aromatic carbocycles. The first kappa shape index (κ1) is 27.2. The van der Waals surface area contributed by atoms with Crippen molar-refractivity contribution in [1.29, 1.82) is 0 Å². The summed E-state index contributed by atoms with van der Waals surface area (Å²) < 4.78 is 15.8. The van der Waals surface area contributed by atoms with Crippen molar-refractivity contribution < 1.29 is 28.6 Å². The van der Waals surface area contributed by atoms with Crippen LogP contribution in [-0.2, 0) is 19.1 Å². The fourth-order valence-corrected chi connectivity index (χ4v) is 4.26. The number of benzene rings is 3. The van der Waals surface area contributed by atoms with Gasteiger partial charge in [-0.1, -0.05) is 30.3 Å². The van der Waals surface area contributed by atoms with Gasteiger partial charge in [-0.15, -0.1) is 0 Å². The predicted molar refractivity (Wildman–Crippen MR) is 150 cm³/mol. The van der Waals surface area contributed by atoms with Crippen LogP contribution in [0.3, 0.4) is 0 Å². The number of methoxy groups -OCH3 is 2. The molecule has 0 aliphatic carbocycles. The van der Waals surface area contributed by atoms with Gasteiger partial charge < -0.3 is 24.4 Å². The third-order valence-corrected chi connectivity index (χ3v) is 6.47. The molecule has 1 aliphatic rings. The van der Waals surface area contributed by atoms with Crippen molar-refractivity contribution in [2.24, 2.45) is 0 Å². The van der Waals surface area contributed by atoms with E-state index in [2.05, 4.69) is 5.32 Å². The molecule has 0 aromatic heterocycles. The SMILES string of the molecule is COC(=O)C1=C(C)N(c2ccc(C)c(C)c2)/C(=C/c2ccc(OCC(=O)Nc3ccccc3OC)cc2)C1=O. The van der Waals surface area contributed by atoms with E-state index >= 15 is 0 Å². The smallest absolute Gasteiger partial charge is 0.343 e. The first-order valence-electron chi connectivity index (χ1n) is 12.3. The van der Waals surface area contributed by atoms with Crippen molar-refractivity contribution in [2.75, 3.05) is 31.0 Å². The molecule has 1 heterocycles. The zero-order valence-corrected chi connectivity index (χ0v) is 22.5. The minimum absolute atomic E-state index is 0.00277. The number of rotatable bonds is 8. The molecule has 8 heteroatoms. The molecule has 0 fully saturated rings. The standard InChI is InChI=1S/C31H30N2O6/c1-19-10-13-23(16-20(19)2)33-21(3)29(31(36)38-5)30(35)26(33)17-22-11-14-24(15-12-22)39-18-28(34)32-25-8-6-7-9-27(25)37-4/h6-17H,18H2,1-5H3,(H,32,34)/b26-17+. The van der Waals surface area contributed by atoms with E-state index in [4.69, 9.17) is 14.2 Å². The molecule has 0 unspecified atom stereocenters. The van der Waals surface area contributed by atoms with Crippen LogP contribution in [0.4, 0.5) is 11.4 Å². The van der Waals surface area contributed by atoms with Crippen LogP contribution in [0.25, 0.3) is 6.08 Å². The second-order valence-corrected chi connectivity index (χ2v) is 9.02. The number of anilines is 2. The van der Waals surface area contributed by atoms with E-state index in [1.807, 2.05) is 38.1 Å². The Morgan fingerprint density at radius 1 is 0.923 bits per heavy atom. The number of hydrogen-bond acceptors (Lipinski definition) is 7. The minimum Gasteiger partial charge on any atom is -0.495 e. The van der Waals surface area contributed by atoms with E-state index in [-0.39, 0.29) is 18.1 Å². The molecule has 1 amide bonds. The van der Waals surface area contributed by atoms with E-state index in [9.17, 15) is 14.4 Å². The zero-order chi connectivity index (χ0) is 28.1. The molecular formula is C31H30N2O6. The molecule has 0 bridgehead atoms. The number of hydrogen-bond donors (Lipinski definition) is 1. The van der Waals surface area contributed by atoms with Crippen LogP contribution in [0.5, 0.6) is 11.5 Å². The number of amides is 1. The maximum atomic E-state index is 13.3. The molecule has 200 valence electrons.